The lowest BCUT2D eigenvalue weighted by atomic mass is 10.0. The molecule has 1 saturated heterocycles. The molecule has 0 radical (unpaired) electrons. The number of methoxy groups -OCH3 is 2. The summed E-state index contributed by atoms with van der Waals surface area (Å²) >= 11 is 6.10. The summed E-state index contributed by atoms with van der Waals surface area (Å²) in [6.07, 6.45) is -0.0595. The van der Waals surface area contributed by atoms with Crippen molar-refractivity contribution in [2.45, 2.75) is 18.2 Å². The number of hydrogen-bond acceptors (Lipinski definition) is 4. The van der Waals surface area contributed by atoms with Gasteiger partial charge in [-0.05, 0) is 41.0 Å². The van der Waals surface area contributed by atoms with Crippen LogP contribution in [0.15, 0.2) is 77.8 Å². The molecule has 5 heteroatoms. The van der Waals surface area contributed by atoms with Crippen LogP contribution in [-0.2, 0) is 0 Å². The van der Waals surface area contributed by atoms with E-state index in [1.165, 1.54) is 5.56 Å². The van der Waals surface area contributed by atoms with Gasteiger partial charge in [0.2, 0.25) is 0 Å². The number of halogens is 1. The third-order valence-corrected chi connectivity index (χ3v) is 5.91. The molecule has 2 aliphatic rings. The first-order valence-corrected chi connectivity index (χ1v) is 9.97. The van der Waals surface area contributed by atoms with Gasteiger partial charge in [0.15, 0.2) is 11.5 Å². The van der Waals surface area contributed by atoms with E-state index < -0.39 is 0 Å². The van der Waals surface area contributed by atoms with Crippen LogP contribution in [0.5, 0.6) is 11.5 Å². The van der Waals surface area contributed by atoms with Crippen LogP contribution in [0.1, 0.15) is 28.9 Å². The maximum Gasteiger partial charge on any atom is 0.161 e. The molecule has 0 aromatic heterocycles. The molecule has 29 heavy (non-hydrogen) atoms. The Morgan fingerprint density at radius 3 is 2.21 bits per heavy atom. The van der Waals surface area contributed by atoms with E-state index in [-0.39, 0.29) is 12.2 Å². The molecular formula is C24H21ClN2O2. The van der Waals surface area contributed by atoms with Crippen LogP contribution in [0.25, 0.3) is 0 Å². The summed E-state index contributed by atoms with van der Waals surface area (Å²) in [5.41, 5.74) is 4.63. The van der Waals surface area contributed by atoms with Gasteiger partial charge in [0, 0.05) is 5.02 Å². The van der Waals surface area contributed by atoms with Gasteiger partial charge >= 0.3 is 0 Å². The maximum absolute atomic E-state index is 6.10. The van der Waals surface area contributed by atoms with Gasteiger partial charge in [0.05, 0.1) is 32.0 Å². The van der Waals surface area contributed by atoms with Gasteiger partial charge in [-0.15, -0.1) is 0 Å². The Hall–Kier alpha value is -2.82. The molecule has 5 rings (SSSR count). The lowest BCUT2D eigenvalue weighted by Gasteiger charge is -2.16. The summed E-state index contributed by atoms with van der Waals surface area (Å²) in [7, 11) is 3.31. The van der Waals surface area contributed by atoms with Gasteiger partial charge in [-0.25, -0.2) is 0 Å². The number of hydrogen-bond donors (Lipinski definition) is 0. The predicted octanol–water partition coefficient (Wildman–Crippen LogP) is 5.28. The van der Waals surface area contributed by atoms with Gasteiger partial charge in [-0.1, -0.05) is 60.1 Å². The molecule has 0 bridgehead atoms. The van der Waals surface area contributed by atoms with Crippen LogP contribution in [-0.4, -0.2) is 30.9 Å². The Balaban J connectivity index is 1.57. The SMILES string of the molecule is COc1ccc([C@@H]2N=C(c3ccc(Cl)cc3)[C@H]3[C@@H](c4ccccc4)N23)cc1OC. The predicted molar refractivity (Wildman–Crippen MR) is 115 cm³/mol. The van der Waals surface area contributed by atoms with E-state index in [0.717, 1.165) is 33.4 Å². The zero-order valence-corrected chi connectivity index (χ0v) is 17.0. The minimum absolute atomic E-state index is 0.0595. The van der Waals surface area contributed by atoms with Crippen molar-refractivity contribution < 1.29 is 9.47 Å². The van der Waals surface area contributed by atoms with Crippen molar-refractivity contribution in [2.75, 3.05) is 14.2 Å². The van der Waals surface area contributed by atoms with Crippen LogP contribution >= 0.6 is 11.6 Å². The molecule has 3 aromatic rings. The molecule has 1 fully saturated rings. The number of ether oxygens (including phenoxy) is 2. The first kappa shape index (κ1) is 18.2. The standard InChI is InChI=1S/C24H21ClN2O2/c1-28-19-13-10-17(14-20(19)29-2)24-26-21(15-8-11-18(25)12-9-15)23-22(27(23)24)16-6-4-3-5-7-16/h3-14,22-24H,1-2H3/t22-,23+,24-,27?/m1/s1. The van der Waals surface area contributed by atoms with E-state index in [9.17, 15) is 0 Å². The topological polar surface area (TPSA) is 33.8 Å². The molecule has 0 saturated carbocycles. The van der Waals surface area contributed by atoms with Crippen LogP contribution in [0.2, 0.25) is 5.02 Å². The Labute approximate surface area is 175 Å². The third kappa shape index (κ3) is 3.09. The minimum Gasteiger partial charge on any atom is -0.493 e. The number of aliphatic imine (C=N–C) groups is 1. The zero-order valence-electron chi connectivity index (χ0n) is 16.2. The number of benzene rings is 3. The van der Waals surface area contributed by atoms with Crippen molar-refractivity contribution in [1.82, 2.24) is 4.90 Å². The molecule has 0 N–H and O–H groups in total. The Morgan fingerprint density at radius 1 is 0.793 bits per heavy atom. The average molecular weight is 405 g/mol. The molecule has 1 unspecified atom stereocenters. The van der Waals surface area contributed by atoms with Crippen LogP contribution in [0.3, 0.4) is 0 Å². The van der Waals surface area contributed by atoms with E-state index in [0.29, 0.717) is 6.04 Å². The highest BCUT2D eigenvalue weighted by Gasteiger charge is 2.59. The van der Waals surface area contributed by atoms with Crippen molar-refractivity contribution in [2.24, 2.45) is 4.99 Å². The number of fused-ring (bicyclic) bond motifs is 1. The monoisotopic (exact) mass is 404 g/mol. The lowest BCUT2D eigenvalue weighted by Crippen LogP contribution is -2.08. The first-order chi connectivity index (χ1) is 14.2. The smallest absolute Gasteiger partial charge is 0.161 e. The van der Waals surface area contributed by atoms with E-state index >= 15 is 0 Å². The first-order valence-electron chi connectivity index (χ1n) is 9.59. The summed E-state index contributed by atoms with van der Waals surface area (Å²) in [6.45, 7) is 0. The maximum atomic E-state index is 6.10. The summed E-state index contributed by atoms with van der Waals surface area (Å²) in [6, 6.07) is 25.2. The van der Waals surface area contributed by atoms with Gasteiger partial charge in [0.25, 0.3) is 0 Å². The highest BCUT2D eigenvalue weighted by Crippen LogP contribution is 2.56. The summed E-state index contributed by atoms with van der Waals surface area (Å²) in [4.78, 5) is 7.54. The fraction of sp³-hybridized carbons (Fsp3) is 0.208. The normalized spacial score (nSPS) is 24.6. The molecule has 0 amide bonds. The van der Waals surface area contributed by atoms with Crippen LogP contribution in [0.4, 0.5) is 0 Å². The Kier molecular flexibility index (Phi) is 4.53. The van der Waals surface area contributed by atoms with Crippen molar-refractivity contribution in [3.05, 3.63) is 94.5 Å². The summed E-state index contributed by atoms with van der Waals surface area (Å²) in [5, 5.41) is 0.732. The second-order valence-electron chi connectivity index (χ2n) is 7.26. The van der Waals surface area contributed by atoms with E-state index in [1.54, 1.807) is 14.2 Å². The molecule has 0 aliphatic carbocycles. The van der Waals surface area contributed by atoms with Gasteiger partial charge in [-0.2, -0.15) is 0 Å². The lowest BCUT2D eigenvalue weighted by molar-refractivity contribution is 0.351. The highest BCUT2D eigenvalue weighted by molar-refractivity contribution is 6.30. The van der Waals surface area contributed by atoms with Gasteiger partial charge in [0.1, 0.15) is 6.17 Å². The average Bonchev–Trinajstić information content (AvgIpc) is 3.38. The largest absolute Gasteiger partial charge is 0.493 e. The van der Waals surface area contributed by atoms with Gasteiger partial charge in [-0.3, -0.25) is 9.89 Å². The molecule has 4 nitrogen and oxygen atoms in total. The molecule has 146 valence electrons. The molecule has 2 heterocycles. The summed E-state index contributed by atoms with van der Waals surface area (Å²) < 4.78 is 10.9. The molecule has 0 spiro atoms. The summed E-state index contributed by atoms with van der Waals surface area (Å²) in [5.74, 6) is 1.44. The van der Waals surface area contributed by atoms with Gasteiger partial charge < -0.3 is 9.47 Å². The van der Waals surface area contributed by atoms with E-state index in [2.05, 4.69) is 53.4 Å². The van der Waals surface area contributed by atoms with E-state index in [4.69, 9.17) is 26.1 Å². The van der Waals surface area contributed by atoms with Crippen molar-refractivity contribution in [3.8, 4) is 11.5 Å². The fourth-order valence-electron chi connectivity index (χ4n) is 4.25. The number of rotatable bonds is 5. The number of nitrogens with zero attached hydrogens (tertiary/aromatic N) is 2. The van der Waals surface area contributed by atoms with Crippen molar-refractivity contribution in [1.29, 1.82) is 0 Å². The zero-order chi connectivity index (χ0) is 20.0. The second-order valence-corrected chi connectivity index (χ2v) is 7.69. The van der Waals surface area contributed by atoms with Crippen molar-refractivity contribution >= 4 is 17.3 Å². The molecular weight excluding hydrogens is 384 g/mol. The van der Waals surface area contributed by atoms with Crippen molar-refractivity contribution in [3.63, 3.8) is 0 Å². The Bertz CT molecular complexity index is 1070. The van der Waals surface area contributed by atoms with Crippen LogP contribution < -0.4 is 9.47 Å². The fourth-order valence-corrected chi connectivity index (χ4v) is 4.37. The molecule has 2 aliphatic heterocycles. The highest BCUT2D eigenvalue weighted by atomic mass is 35.5. The quantitative estimate of drug-likeness (QED) is 0.542. The second kappa shape index (κ2) is 7.21. The molecule has 4 atom stereocenters. The van der Waals surface area contributed by atoms with E-state index in [1.807, 2.05) is 24.3 Å². The Morgan fingerprint density at radius 2 is 1.52 bits per heavy atom. The van der Waals surface area contributed by atoms with Crippen LogP contribution in [0, 0.1) is 0 Å². The minimum atomic E-state index is -0.0595. The molecule has 3 aromatic carbocycles. The third-order valence-electron chi connectivity index (χ3n) is 5.66.